The number of amides is 1. The number of methoxy groups -OCH3 is 1. The minimum Gasteiger partial charge on any atom is -0.465 e. The number of hydrogen-bond donors (Lipinski definition) is 2. The SMILES string of the molecule is COC(=O)c1ccc(Nc2ncc3cc(/C=C/CNC(=O)c4cncn(Cc5ccc(F)c(F)c5)c4=O)ccc3n2)cc1Cl. The van der Waals surface area contributed by atoms with Gasteiger partial charge in [-0.15, -0.1) is 0 Å². The van der Waals surface area contributed by atoms with E-state index in [1.165, 1.54) is 19.5 Å². The van der Waals surface area contributed by atoms with Crippen LogP contribution in [0.4, 0.5) is 20.4 Å². The minimum atomic E-state index is -1.03. The molecule has 0 atom stereocenters. The molecular formula is C31H23ClF2N6O4. The number of carbonyl (C=O) groups is 2. The Kier molecular flexibility index (Phi) is 9.01. The normalized spacial score (nSPS) is 11.1. The maximum absolute atomic E-state index is 13.5. The average Bonchev–Trinajstić information content (AvgIpc) is 3.01. The van der Waals surface area contributed by atoms with Crippen molar-refractivity contribution in [1.29, 1.82) is 0 Å². The van der Waals surface area contributed by atoms with Crippen LogP contribution in [-0.2, 0) is 11.3 Å². The summed E-state index contributed by atoms with van der Waals surface area (Å²) in [6.07, 6.45) is 7.54. The Morgan fingerprint density at radius 1 is 1.02 bits per heavy atom. The topological polar surface area (TPSA) is 128 Å². The molecule has 2 heterocycles. The van der Waals surface area contributed by atoms with Crippen molar-refractivity contribution < 1.29 is 23.1 Å². The molecule has 3 aromatic carbocycles. The van der Waals surface area contributed by atoms with Gasteiger partial charge in [-0.05, 0) is 53.6 Å². The van der Waals surface area contributed by atoms with Crippen molar-refractivity contribution in [2.75, 3.05) is 19.0 Å². The van der Waals surface area contributed by atoms with Crippen molar-refractivity contribution in [3.63, 3.8) is 0 Å². The second-order valence-corrected chi connectivity index (χ2v) is 9.83. The van der Waals surface area contributed by atoms with Gasteiger partial charge in [-0.3, -0.25) is 14.2 Å². The van der Waals surface area contributed by atoms with Crippen LogP contribution in [0.15, 0.2) is 84.2 Å². The van der Waals surface area contributed by atoms with Crippen LogP contribution in [0.25, 0.3) is 17.0 Å². The molecular weight excluding hydrogens is 594 g/mol. The van der Waals surface area contributed by atoms with Crippen LogP contribution < -0.4 is 16.2 Å². The molecule has 2 aromatic heterocycles. The molecule has 0 fully saturated rings. The number of esters is 1. The second-order valence-electron chi connectivity index (χ2n) is 9.42. The first kappa shape index (κ1) is 30.0. The van der Waals surface area contributed by atoms with Gasteiger partial charge in [0, 0.05) is 30.0 Å². The van der Waals surface area contributed by atoms with Gasteiger partial charge in [0.1, 0.15) is 5.56 Å². The molecule has 5 rings (SSSR count). The maximum atomic E-state index is 13.5. The lowest BCUT2D eigenvalue weighted by Crippen LogP contribution is -2.33. The summed E-state index contributed by atoms with van der Waals surface area (Å²) < 4.78 is 32.6. The lowest BCUT2D eigenvalue weighted by Gasteiger charge is -2.08. The molecule has 10 nitrogen and oxygen atoms in total. The molecule has 5 aromatic rings. The molecule has 0 aliphatic carbocycles. The Morgan fingerprint density at radius 2 is 1.86 bits per heavy atom. The highest BCUT2D eigenvalue weighted by Gasteiger charge is 2.14. The Labute approximate surface area is 254 Å². The Hall–Kier alpha value is -5.49. The number of aromatic nitrogens is 4. The van der Waals surface area contributed by atoms with Crippen LogP contribution in [-0.4, -0.2) is 45.1 Å². The number of carbonyl (C=O) groups excluding carboxylic acids is 2. The van der Waals surface area contributed by atoms with Crippen molar-refractivity contribution in [3.8, 4) is 0 Å². The molecule has 0 saturated carbocycles. The number of fused-ring (bicyclic) bond motifs is 1. The Morgan fingerprint density at radius 3 is 2.64 bits per heavy atom. The summed E-state index contributed by atoms with van der Waals surface area (Å²) >= 11 is 6.18. The highest BCUT2D eigenvalue weighted by Crippen LogP contribution is 2.24. The van der Waals surface area contributed by atoms with Gasteiger partial charge >= 0.3 is 5.97 Å². The average molecular weight is 617 g/mol. The molecule has 0 spiro atoms. The zero-order valence-corrected chi connectivity index (χ0v) is 23.8. The van der Waals surface area contributed by atoms with Crippen LogP contribution in [0.5, 0.6) is 0 Å². The van der Waals surface area contributed by atoms with Gasteiger partial charge < -0.3 is 15.4 Å². The van der Waals surface area contributed by atoms with Crippen LogP contribution >= 0.6 is 11.6 Å². The summed E-state index contributed by atoms with van der Waals surface area (Å²) in [4.78, 5) is 49.9. The van der Waals surface area contributed by atoms with E-state index < -0.39 is 29.1 Å². The fourth-order valence-electron chi connectivity index (χ4n) is 4.21. The largest absolute Gasteiger partial charge is 0.465 e. The summed E-state index contributed by atoms with van der Waals surface area (Å²) in [6, 6.07) is 13.6. The van der Waals surface area contributed by atoms with Crippen molar-refractivity contribution in [2.45, 2.75) is 6.54 Å². The fraction of sp³-hybridized carbons (Fsp3) is 0.0968. The van der Waals surface area contributed by atoms with E-state index in [4.69, 9.17) is 16.3 Å². The number of anilines is 2. The van der Waals surface area contributed by atoms with Crippen molar-refractivity contribution >= 4 is 52.1 Å². The molecule has 0 unspecified atom stereocenters. The lowest BCUT2D eigenvalue weighted by molar-refractivity contribution is 0.0600. The Bertz CT molecular complexity index is 1980. The van der Waals surface area contributed by atoms with Gasteiger partial charge in [-0.1, -0.05) is 35.9 Å². The minimum absolute atomic E-state index is 0.0776. The number of benzene rings is 3. The third kappa shape index (κ3) is 6.93. The molecule has 222 valence electrons. The molecule has 0 aliphatic heterocycles. The first-order valence-electron chi connectivity index (χ1n) is 13.1. The molecule has 1 amide bonds. The monoisotopic (exact) mass is 616 g/mol. The third-order valence-electron chi connectivity index (χ3n) is 6.41. The van der Waals surface area contributed by atoms with Gasteiger partial charge in [0.05, 0.1) is 36.1 Å². The summed E-state index contributed by atoms with van der Waals surface area (Å²) in [7, 11) is 1.28. The lowest BCUT2D eigenvalue weighted by atomic mass is 10.1. The number of nitrogens with zero attached hydrogens (tertiary/aromatic N) is 4. The summed E-state index contributed by atoms with van der Waals surface area (Å²) in [5.41, 5.74) is 1.90. The van der Waals surface area contributed by atoms with Gasteiger partial charge in [0.2, 0.25) is 5.95 Å². The number of nitrogens with one attached hydrogen (secondary N) is 2. The number of halogens is 3. The first-order chi connectivity index (χ1) is 21.2. The molecule has 2 N–H and O–H groups in total. The second kappa shape index (κ2) is 13.2. The van der Waals surface area contributed by atoms with Gasteiger partial charge in [-0.2, -0.15) is 0 Å². The number of hydrogen-bond acceptors (Lipinski definition) is 8. The highest BCUT2D eigenvalue weighted by atomic mass is 35.5. The number of rotatable bonds is 9. The van der Waals surface area contributed by atoms with Gasteiger partial charge in [-0.25, -0.2) is 28.5 Å². The fourth-order valence-corrected chi connectivity index (χ4v) is 4.47. The van der Waals surface area contributed by atoms with E-state index >= 15 is 0 Å². The zero-order valence-electron chi connectivity index (χ0n) is 23.1. The van der Waals surface area contributed by atoms with E-state index in [0.29, 0.717) is 22.7 Å². The number of ether oxygens (including phenoxy) is 1. The smallest absolute Gasteiger partial charge is 0.339 e. The molecule has 0 radical (unpaired) electrons. The standard InChI is InChI=1S/C31H23ClF2N6O4/c1-44-30(43)22-7-6-21(13-24(22)32)38-31-37-14-20-11-18(5-9-27(20)39-31)3-2-10-36-28(41)23-15-35-17-40(29(23)42)16-19-4-8-25(33)26(34)12-19/h2-9,11-15,17H,10,16H2,1H3,(H,36,41)(H,37,38,39)/b3-2+. The maximum Gasteiger partial charge on any atom is 0.339 e. The van der Waals surface area contributed by atoms with Crippen LogP contribution in [0, 0.1) is 11.6 Å². The summed E-state index contributed by atoms with van der Waals surface area (Å²) in [5.74, 6) is -2.85. The predicted molar refractivity (Wildman–Crippen MR) is 161 cm³/mol. The van der Waals surface area contributed by atoms with Crippen LogP contribution in [0.2, 0.25) is 5.02 Å². The van der Waals surface area contributed by atoms with Gasteiger partial charge in [0.15, 0.2) is 11.6 Å². The highest BCUT2D eigenvalue weighted by molar-refractivity contribution is 6.33. The molecule has 0 bridgehead atoms. The van der Waals surface area contributed by atoms with E-state index in [1.807, 2.05) is 18.2 Å². The van der Waals surface area contributed by atoms with Crippen LogP contribution in [0.3, 0.4) is 0 Å². The Balaban J connectivity index is 1.19. The van der Waals surface area contributed by atoms with Crippen molar-refractivity contribution in [2.24, 2.45) is 0 Å². The van der Waals surface area contributed by atoms with E-state index in [2.05, 4.69) is 25.6 Å². The van der Waals surface area contributed by atoms with Crippen LogP contribution in [0.1, 0.15) is 31.8 Å². The quantitative estimate of drug-likeness (QED) is 0.218. The molecule has 0 saturated heterocycles. The summed E-state index contributed by atoms with van der Waals surface area (Å²) in [5, 5.41) is 6.71. The predicted octanol–water partition coefficient (Wildman–Crippen LogP) is 5.14. The molecule has 0 aliphatic rings. The van der Waals surface area contributed by atoms with E-state index in [1.54, 1.807) is 36.5 Å². The third-order valence-corrected chi connectivity index (χ3v) is 6.72. The van der Waals surface area contributed by atoms with Crippen molar-refractivity contribution in [1.82, 2.24) is 24.8 Å². The zero-order chi connectivity index (χ0) is 31.2. The molecule has 44 heavy (non-hydrogen) atoms. The van der Waals surface area contributed by atoms with E-state index in [9.17, 15) is 23.2 Å². The summed E-state index contributed by atoms with van der Waals surface area (Å²) in [6.45, 7) is 0.0524. The van der Waals surface area contributed by atoms with E-state index in [0.717, 1.165) is 33.8 Å². The van der Waals surface area contributed by atoms with E-state index in [-0.39, 0.29) is 29.2 Å². The first-order valence-corrected chi connectivity index (χ1v) is 13.4. The van der Waals surface area contributed by atoms with Crippen molar-refractivity contribution in [3.05, 3.63) is 129 Å². The van der Waals surface area contributed by atoms with Gasteiger partial charge in [0.25, 0.3) is 11.5 Å². The molecule has 13 heteroatoms.